The second kappa shape index (κ2) is 5.49. The number of aliphatic hydroxyl groups excluding tert-OH is 1. The van der Waals surface area contributed by atoms with Gasteiger partial charge in [-0.1, -0.05) is 6.07 Å². The van der Waals surface area contributed by atoms with Crippen LogP contribution in [0.3, 0.4) is 0 Å². The summed E-state index contributed by atoms with van der Waals surface area (Å²) in [6.07, 6.45) is 1.64. The molecule has 2 rings (SSSR count). The van der Waals surface area contributed by atoms with E-state index in [0.29, 0.717) is 11.1 Å². The van der Waals surface area contributed by atoms with Crippen molar-refractivity contribution in [1.29, 1.82) is 0 Å². The Balaban J connectivity index is 2.16. The van der Waals surface area contributed by atoms with Gasteiger partial charge in [-0.2, -0.15) is 5.10 Å². The van der Waals surface area contributed by atoms with Gasteiger partial charge in [0.25, 0.3) is 5.91 Å². The maximum Gasteiger partial charge on any atom is 0.330 e. The van der Waals surface area contributed by atoms with Crippen LogP contribution in [0.15, 0.2) is 24.4 Å². The molecule has 1 unspecified atom stereocenters. The maximum absolute atomic E-state index is 11.9. The number of aliphatic hydroxyl groups is 1. The van der Waals surface area contributed by atoms with Crippen LogP contribution in [0.4, 0.5) is 0 Å². The van der Waals surface area contributed by atoms with E-state index in [9.17, 15) is 9.59 Å². The first-order chi connectivity index (χ1) is 9.15. The van der Waals surface area contributed by atoms with Crippen LogP contribution in [0, 0.1) is 0 Å². The van der Waals surface area contributed by atoms with Gasteiger partial charge in [0, 0.05) is 10.9 Å². The van der Waals surface area contributed by atoms with Crippen LogP contribution in [0.5, 0.6) is 0 Å². The van der Waals surface area contributed by atoms with Crippen molar-refractivity contribution in [2.75, 3.05) is 13.7 Å². The van der Waals surface area contributed by atoms with Crippen LogP contribution >= 0.6 is 0 Å². The van der Waals surface area contributed by atoms with E-state index in [-0.39, 0.29) is 0 Å². The van der Waals surface area contributed by atoms with Crippen molar-refractivity contribution in [3.8, 4) is 0 Å². The smallest absolute Gasteiger partial charge is 0.330 e. The first kappa shape index (κ1) is 13.0. The van der Waals surface area contributed by atoms with E-state index in [2.05, 4.69) is 20.3 Å². The highest BCUT2D eigenvalue weighted by atomic mass is 16.5. The third-order valence-corrected chi connectivity index (χ3v) is 2.68. The zero-order chi connectivity index (χ0) is 13.8. The van der Waals surface area contributed by atoms with Crippen LogP contribution in [-0.4, -0.2) is 46.9 Å². The Bertz CT molecular complexity index is 608. The zero-order valence-electron chi connectivity index (χ0n) is 10.2. The summed E-state index contributed by atoms with van der Waals surface area (Å²) in [5.74, 6) is -1.17. The van der Waals surface area contributed by atoms with E-state index >= 15 is 0 Å². The molecular weight excluding hydrogens is 250 g/mol. The van der Waals surface area contributed by atoms with Gasteiger partial charge in [0.1, 0.15) is 0 Å². The van der Waals surface area contributed by atoms with Crippen LogP contribution in [0.2, 0.25) is 0 Å². The predicted molar refractivity (Wildman–Crippen MR) is 66.4 cm³/mol. The molecule has 0 bridgehead atoms. The topological polar surface area (TPSA) is 104 Å². The number of nitrogens with zero attached hydrogens (tertiary/aromatic N) is 1. The SMILES string of the molecule is COC(=O)C(CO)NC(=O)c1ccc2cn[nH]c2c1. The van der Waals surface area contributed by atoms with E-state index in [4.69, 9.17) is 5.11 Å². The van der Waals surface area contributed by atoms with Crippen molar-refractivity contribution in [2.24, 2.45) is 0 Å². The minimum absolute atomic E-state index is 0.360. The monoisotopic (exact) mass is 263 g/mol. The van der Waals surface area contributed by atoms with Crippen LogP contribution < -0.4 is 5.32 Å². The van der Waals surface area contributed by atoms with Crippen molar-refractivity contribution in [2.45, 2.75) is 6.04 Å². The van der Waals surface area contributed by atoms with E-state index in [1.54, 1.807) is 24.4 Å². The summed E-state index contributed by atoms with van der Waals surface area (Å²) in [6.45, 7) is -0.523. The predicted octanol–water partition coefficient (Wildman–Crippen LogP) is -0.173. The molecule has 7 heteroatoms. The van der Waals surface area contributed by atoms with Crippen molar-refractivity contribution in [3.63, 3.8) is 0 Å². The molecule has 0 saturated carbocycles. The van der Waals surface area contributed by atoms with E-state index < -0.39 is 24.5 Å². The lowest BCUT2D eigenvalue weighted by atomic mass is 10.1. The van der Waals surface area contributed by atoms with Crippen molar-refractivity contribution < 1.29 is 19.4 Å². The normalized spacial score (nSPS) is 12.1. The molecule has 0 aliphatic heterocycles. The number of hydrogen-bond donors (Lipinski definition) is 3. The highest BCUT2D eigenvalue weighted by Gasteiger charge is 2.21. The maximum atomic E-state index is 11.9. The summed E-state index contributed by atoms with van der Waals surface area (Å²) in [7, 11) is 1.19. The van der Waals surface area contributed by atoms with E-state index in [0.717, 1.165) is 5.39 Å². The molecule has 1 heterocycles. The fourth-order valence-corrected chi connectivity index (χ4v) is 1.64. The van der Waals surface area contributed by atoms with Gasteiger partial charge in [-0.15, -0.1) is 0 Å². The molecule has 0 fully saturated rings. The van der Waals surface area contributed by atoms with Crippen LogP contribution in [-0.2, 0) is 9.53 Å². The fourth-order valence-electron chi connectivity index (χ4n) is 1.64. The lowest BCUT2D eigenvalue weighted by molar-refractivity contribution is -0.143. The van der Waals surface area contributed by atoms with Crippen molar-refractivity contribution >= 4 is 22.8 Å². The van der Waals surface area contributed by atoms with Crippen molar-refractivity contribution in [3.05, 3.63) is 30.0 Å². The number of aromatic nitrogens is 2. The number of amides is 1. The lowest BCUT2D eigenvalue weighted by Crippen LogP contribution is -2.44. The molecular formula is C12H13N3O4. The second-order valence-corrected chi connectivity index (χ2v) is 3.90. The van der Waals surface area contributed by atoms with Gasteiger partial charge >= 0.3 is 5.97 Å². The number of carbonyl (C=O) groups excluding carboxylic acids is 2. The van der Waals surface area contributed by atoms with E-state index in [1.165, 1.54) is 7.11 Å². The molecule has 7 nitrogen and oxygen atoms in total. The quantitative estimate of drug-likeness (QED) is 0.664. The summed E-state index contributed by atoms with van der Waals surface area (Å²) in [5.41, 5.74) is 1.07. The molecule has 0 saturated heterocycles. The Morgan fingerprint density at radius 1 is 1.53 bits per heavy atom. The Morgan fingerprint density at radius 2 is 2.32 bits per heavy atom. The highest BCUT2D eigenvalue weighted by molar-refractivity contribution is 5.99. The summed E-state index contributed by atoms with van der Waals surface area (Å²) < 4.78 is 4.47. The van der Waals surface area contributed by atoms with Gasteiger partial charge in [0.15, 0.2) is 6.04 Å². The number of hydrogen-bond acceptors (Lipinski definition) is 5. The molecule has 0 aliphatic carbocycles. The Kier molecular flexibility index (Phi) is 3.76. The number of methoxy groups -OCH3 is 1. The Labute approximate surface area is 108 Å². The molecule has 3 N–H and O–H groups in total. The largest absolute Gasteiger partial charge is 0.467 e. The third-order valence-electron chi connectivity index (χ3n) is 2.68. The number of fused-ring (bicyclic) bond motifs is 1. The summed E-state index contributed by atoms with van der Waals surface area (Å²) >= 11 is 0. The second-order valence-electron chi connectivity index (χ2n) is 3.90. The molecule has 100 valence electrons. The first-order valence-electron chi connectivity index (χ1n) is 5.58. The fraction of sp³-hybridized carbons (Fsp3) is 0.250. The average molecular weight is 263 g/mol. The van der Waals surface area contributed by atoms with Crippen molar-refractivity contribution in [1.82, 2.24) is 15.5 Å². The van der Waals surface area contributed by atoms with Gasteiger partial charge in [0.05, 0.1) is 25.4 Å². The number of esters is 1. The van der Waals surface area contributed by atoms with Gasteiger partial charge in [-0.05, 0) is 12.1 Å². The summed E-state index contributed by atoms with van der Waals surface area (Å²) in [5, 5.41) is 18.9. The number of rotatable bonds is 4. The molecule has 0 aliphatic rings. The molecule has 1 atom stereocenters. The minimum Gasteiger partial charge on any atom is -0.467 e. The van der Waals surface area contributed by atoms with Crippen LogP contribution in [0.25, 0.3) is 10.9 Å². The standard InChI is InChI=1S/C12H13N3O4/c1-19-12(18)10(6-16)14-11(17)7-2-3-8-5-13-15-9(8)4-7/h2-5,10,16H,6H2,1H3,(H,13,15)(H,14,17). The molecule has 1 aromatic heterocycles. The molecule has 1 aromatic carbocycles. The summed E-state index contributed by atoms with van der Waals surface area (Å²) in [6, 6.07) is 3.89. The van der Waals surface area contributed by atoms with Gasteiger partial charge in [-0.3, -0.25) is 9.89 Å². The number of benzene rings is 1. The van der Waals surface area contributed by atoms with E-state index in [1.807, 2.05) is 0 Å². The number of H-pyrrole nitrogens is 1. The van der Waals surface area contributed by atoms with Gasteiger partial charge in [0.2, 0.25) is 0 Å². The minimum atomic E-state index is -1.07. The Morgan fingerprint density at radius 3 is 3.00 bits per heavy atom. The van der Waals surface area contributed by atoms with Gasteiger partial charge < -0.3 is 15.2 Å². The molecule has 2 aromatic rings. The van der Waals surface area contributed by atoms with Crippen LogP contribution in [0.1, 0.15) is 10.4 Å². The molecule has 19 heavy (non-hydrogen) atoms. The molecule has 1 amide bonds. The van der Waals surface area contributed by atoms with Gasteiger partial charge in [-0.25, -0.2) is 4.79 Å². The summed E-state index contributed by atoms with van der Waals surface area (Å²) in [4.78, 5) is 23.2. The number of ether oxygens (including phenoxy) is 1. The highest BCUT2D eigenvalue weighted by Crippen LogP contribution is 2.12. The third kappa shape index (κ3) is 2.71. The Hall–Kier alpha value is -2.41. The first-order valence-corrected chi connectivity index (χ1v) is 5.58. The molecule has 0 spiro atoms. The number of aromatic amines is 1. The number of nitrogens with one attached hydrogen (secondary N) is 2. The lowest BCUT2D eigenvalue weighted by Gasteiger charge is -2.13. The molecule has 0 radical (unpaired) electrons. The zero-order valence-corrected chi connectivity index (χ0v) is 10.2. The number of carbonyl (C=O) groups is 2. The average Bonchev–Trinajstić information content (AvgIpc) is 2.90.